The van der Waals surface area contributed by atoms with E-state index in [1.54, 1.807) is 0 Å². The Morgan fingerprint density at radius 3 is 3.10 bits per heavy atom. The van der Waals surface area contributed by atoms with Crippen LogP contribution in [0.2, 0.25) is 0 Å². The van der Waals surface area contributed by atoms with Gasteiger partial charge in [-0.2, -0.15) is 0 Å². The highest BCUT2D eigenvalue weighted by atomic mass is 16.5. The Morgan fingerprint density at radius 1 is 1.35 bits per heavy atom. The number of benzene rings is 1. The smallest absolute Gasteiger partial charge is 0.325 e. The van der Waals surface area contributed by atoms with Crippen molar-refractivity contribution in [2.45, 2.75) is 18.9 Å². The molecule has 3 rings (SSSR count). The quantitative estimate of drug-likeness (QED) is 0.864. The lowest BCUT2D eigenvalue weighted by atomic mass is 10.0. The van der Waals surface area contributed by atoms with Crippen LogP contribution < -0.4 is 10.1 Å². The molecule has 0 bridgehead atoms. The van der Waals surface area contributed by atoms with Gasteiger partial charge >= 0.3 is 5.97 Å². The van der Waals surface area contributed by atoms with Gasteiger partial charge in [0.15, 0.2) is 0 Å². The van der Waals surface area contributed by atoms with E-state index in [2.05, 4.69) is 10.2 Å². The summed E-state index contributed by atoms with van der Waals surface area (Å²) in [6.45, 7) is 4.09. The van der Waals surface area contributed by atoms with Crippen molar-refractivity contribution in [1.29, 1.82) is 0 Å². The lowest BCUT2D eigenvalue weighted by molar-refractivity contribution is -0.143. The van der Waals surface area contributed by atoms with Gasteiger partial charge < -0.3 is 15.2 Å². The van der Waals surface area contributed by atoms with Crippen molar-refractivity contribution >= 4 is 5.97 Å². The van der Waals surface area contributed by atoms with Crippen molar-refractivity contribution in [3.05, 3.63) is 29.3 Å². The van der Waals surface area contributed by atoms with Crippen LogP contribution >= 0.6 is 0 Å². The summed E-state index contributed by atoms with van der Waals surface area (Å²) in [7, 11) is 0. The molecule has 2 aliphatic rings. The van der Waals surface area contributed by atoms with E-state index in [9.17, 15) is 9.90 Å². The highest BCUT2D eigenvalue weighted by Crippen LogP contribution is 2.30. The third-order valence-electron chi connectivity index (χ3n) is 4.00. The second-order valence-electron chi connectivity index (χ2n) is 5.35. The molecule has 1 aromatic rings. The van der Waals surface area contributed by atoms with Crippen LogP contribution in [0.25, 0.3) is 0 Å². The van der Waals surface area contributed by atoms with Crippen LogP contribution in [-0.4, -0.2) is 48.8 Å². The standard InChI is InChI=1S/C15H20N2O3/c18-15(19)14(17-7-1-5-16-6-8-17)12-2-3-13-11(10-12)4-9-20-13/h2-3,10,14,16H,1,4-9H2,(H,18,19). The van der Waals surface area contributed by atoms with Crippen molar-refractivity contribution in [2.24, 2.45) is 0 Å². The molecule has 0 spiro atoms. The van der Waals surface area contributed by atoms with Gasteiger partial charge in [0.05, 0.1) is 6.61 Å². The summed E-state index contributed by atoms with van der Waals surface area (Å²) in [6, 6.07) is 5.24. The highest BCUT2D eigenvalue weighted by Gasteiger charge is 2.28. The van der Waals surface area contributed by atoms with Gasteiger partial charge in [0.1, 0.15) is 11.8 Å². The minimum Gasteiger partial charge on any atom is -0.493 e. The first kappa shape index (κ1) is 13.4. The number of carbonyl (C=O) groups is 1. The molecule has 2 heterocycles. The number of fused-ring (bicyclic) bond motifs is 1. The fraction of sp³-hybridized carbons (Fsp3) is 0.533. The van der Waals surface area contributed by atoms with Crippen LogP contribution in [-0.2, 0) is 11.2 Å². The number of carboxylic acids is 1. The van der Waals surface area contributed by atoms with Crippen molar-refractivity contribution in [1.82, 2.24) is 10.2 Å². The molecule has 108 valence electrons. The van der Waals surface area contributed by atoms with E-state index in [-0.39, 0.29) is 0 Å². The average Bonchev–Trinajstić information content (AvgIpc) is 2.73. The Bertz CT molecular complexity index is 496. The van der Waals surface area contributed by atoms with Crippen LogP contribution in [0, 0.1) is 0 Å². The lowest BCUT2D eigenvalue weighted by Crippen LogP contribution is -2.36. The summed E-state index contributed by atoms with van der Waals surface area (Å²) in [5.74, 6) is 0.126. The number of nitrogens with zero attached hydrogens (tertiary/aromatic N) is 1. The van der Waals surface area contributed by atoms with E-state index in [1.807, 2.05) is 18.2 Å². The van der Waals surface area contributed by atoms with Crippen LogP contribution in [0.15, 0.2) is 18.2 Å². The molecule has 1 unspecified atom stereocenters. The van der Waals surface area contributed by atoms with Gasteiger partial charge in [-0.15, -0.1) is 0 Å². The Kier molecular flexibility index (Phi) is 3.89. The summed E-state index contributed by atoms with van der Waals surface area (Å²) in [4.78, 5) is 13.8. The van der Waals surface area contributed by atoms with Gasteiger partial charge in [-0.25, -0.2) is 0 Å². The normalized spacial score (nSPS) is 20.8. The van der Waals surface area contributed by atoms with Crippen LogP contribution in [0.5, 0.6) is 5.75 Å². The van der Waals surface area contributed by atoms with Crippen molar-refractivity contribution < 1.29 is 14.6 Å². The number of hydrogen-bond acceptors (Lipinski definition) is 4. The molecule has 1 atom stereocenters. The van der Waals surface area contributed by atoms with E-state index in [4.69, 9.17) is 4.74 Å². The topological polar surface area (TPSA) is 61.8 Å². The molecule has 20 heavy (non-hydrogen) atoms. The van der Waals surface area contributed by atoms with Crippen molar-refractivity contribution in [2.75, 3.05) is 32.8 Å². The SMILES string of the molecule is O=C(O)C(c1ccc2c(c1)CCO2)N1CCCNCC1. The second-order valence-corrected chi connectivity index (χ2v) is 5.35. The van der Waals surface area contributed by atoms with E-state index in [0.29, 0.717) is 6.61 Å². The molecule has 0 radical (unpaired) electrons. The first-order valence-electron chi connectivity index (χ1n) is 7.19. The predicted molar refractivity (Wildman–Crippen MR) is 75.1 cm³/mol. The van der Waals surface area contributed by atoms with E-state index in [1.165, 1.54) is 0 Å². The maximum Gasteiger partial charge on any atom is 0.325 e. The van der Waals surface area contributed by atoms with Gasteiger partial charge in [0.2, 0.25) is 0 Å². The molecule has 2 aliphatic heterocycles. The van der Waals surface area contributed by atoms with Gasteiger partial charge in [-0.1, -0.05) is 6.07 Å². The van der Waals surface area contributed by atoms with Crippen molar-refractivity contribution in [3.63, 3.8) is 0 Å². The largest absolute Gasteiger partial charge is 0.493 e. The van der Waals surface area contributed by atoms with Gasteiger partial charge in [-0.3, -0.25) is 9.69 Å². The zero-order valence-corrected chi connectivity index (χ0v) is 11.5. The zero-order valence-electron chi connectivity index (χ0n) is 11.5. The Hall–Kier alpha value is -1.59. The molecule has 0 aliphatic carbocycles. The van der Waals surface area contributed by atoms with E-state index in [0.717, 1.165) is 55.9 Å². The molecule has 0 aromatic heterocycles. The zero-order chi connectivity index (χ0) is 13.9. The van der Waals surface area contributed by atoms with Crippen LogP contribution in [0.1, 0.15) is 23.6 Å². The minimum absolute atomic E-state index is 0.555. The van der Waals surface area contributed by atoms with E-state index < -0.39 is 12.0 Å². The number of ether oxygens (including phenoxy) is 1. The lowest BCUT2D eigenvalue weighted by Gasteiger charge is -2.27. The maximum atomic E-state index is 11.7. The number of nitrogens with one attached hydrogen (secondary N) is 1. The molecule has 1 fully saturated rings. The Labute approximate surface area is 118 Å². The molecule has 0 amide bonds. The van der Waals surface area contributed by atoms with Gasteiger partial charge in [-0.05, 0) is 36.2 Å². The molecule has 5 nitrogen and oxygen atoms in total. The fourth-order valence-electron chi connectivity index (χ4n) is 3.01. The number of rotatable bonds is 3. The molecule has 5 heteroatoms. The maximum absolute atomic E-state index is 11.7. The van der Waals surface area contributed by atoms with Crippen LogP contribution in [0.3, 0.4) is 0 Å². The van der Waals surface area contributed by atoms with Crippen molar-refractivity contribution in [3.8, 4) is 5.75 Å². The highest BCUT2D eigenvalue weighted by molar-refractivity contribution is 5.76. The summed E-state index contributed by atoms with van der Waals surface area (Å²) in [5, 5.41) is 12.9. The molecule has 1 aromatic carbocycles. The third kappa shape index (κ3) is 2.64. The van der Waals surface area contributed by atoms with Gasteiger partial charge in [0, 0.05) is 26.1 Å². The average molecular weight is 276 g/mol. The number of hydrogen-bond donors (Lipinski definition) is 2. The monoisotopic (exact) mass is 276 g/mol. The molecular formula is C15H20N2O3. The molecule has 1 saturated heterocycles. The first-order chi connectivity index (χ1) is 9.75. The summed E-state index contributed by atoms with van der Waals surface area (Å²) in [5.41, 5.74) is 1.99. The van der Waals surface area contributed by atoms with Gasteiger partial charge in [0.25, 0.3) is 0 Å². The molecular weight excluding hydrogens is 256 g/mol. The summed E-state index contributed by atoms with van der Waals surface area (Å²) >= 11 is 0. The molecule has 2 N–H and O–H groups in total. The van der Waals surface area contributed by atoms with E-state index >= 15 is 0 Å². The number of carboxylic acid groups (broad SMARTS) is 1. The first-order valence-corrected chi connectivity index (χ1v) is 7.19. The van der Waals surface area contributed by atoms with Crippen LogP contribution in [0.4, 0.5) is 0 Å². The second kappa shape index (κ2) is 5.81. The summed E-state index contributed by atoms with van der Waals surface area (Å²) in [6.07, 6.45) is 1.86. The molecule has 0 saturated carbocycles. The number of aliphatic carboxylic acids is 1. The predicted octanol–water partition coefficient (Wildman–Crippen LogP) is 1.04. The fourth-order valence-corrected chi connectivity index (χ4v) is 3.01. The Morgan fingerprint density at radius 2 is 2.25 bits per heavy atom. The Balaban J connectivity index is 1.87. The minimum atomic E-state index is -0.772. The third-order valence-corrected chi connectivity index (χ3v) is 4.00. The summed E-state index contributed by atoms with van der Waals surface area (Å²) < 4.78 is 5.49.